The zero-order chi connectivity index (χ0) is 20.9. The van der Waals surface area contributed by atoms with Crippen LogP contribution < -0.4 is 5.56 Å². The van der Waals surface area contributed by atoms with E-state index in [-0.39, 0.29) is 23.3 Å². The van der Waals surface area contributed by atoms with Crippen molar-refractivity contribution in [3.63, 3.8) is 0 Å². The Labute approximate surface area is 182 Å². The van der Waals surface area contributed by atoms with E-state index in [0.29, 0.717) is 21.8 Å². The largest absolute Gasteiger partial charge is 0.338 e. The van der Waals surface area contributed by atoms with Crippen molar-refractivity contribution in [2.24, 2.45) is 0 Å². The van der Waals surface area contributed by atoms with E-state index in [1.165, 1.54) is 11.3 Å². The number of aromatic nitrogens is 2. The quantitative estimate of drug-likeness (QED) is 0.465. The number of hydrogen-bond acceptors (Lipinski definition) is 5. The molecule has 30 heavy (non-hydrogen) atoms. The van der Waals surface area contributed by atoms with Crippen molar-refractivity contribution in [3.05, 3.63) is 99.4 Å². The third kappa shape index (κ3) is 4.63. The number of amides is 1. The summed E-state index contributed by atoms with van der Waals surface area (Å²) in [7, 11) is 1.74. The lowest BCUT2D eigenvalue weighted by Crippen LogP contribution is -2.29. The topological polar surface area (TPSA) is 66.1 Å². The summed E-state index contributed by atoms with van der Waals surface area (Å²) in [6.07, 6.45) is 0. The number of nitrogens with one attached hydrogen (secondary N) is 1. The van der Waals surface area contributed by atoms with Crippen molar-refractivity contribution in [1.29, 1.82) is 0 Å². The van der Waals surface area contributed by atoms with E-state index < -0.39 is 0 Å². The van der Waals surface area contributed by atoms with Gasteiger partial charge in [-0.1, -0.05) is 60.7 Å². The average Bonchev–Trinajstić information content (AvgIpc) is 3.24. The van der Waals surface area contributed by atoms with Crippen LogP contribution in [-0.2, 0) is 11.3 Å². The highest BCUT2D eigenvalue weighted by atomic mass is 32.2. The normalized spacial score (nSPS) is 11.1. The third-order valence-corrected chi connectivity index (χ3v) is 6.95. The van der Waals surface area contributed by atoms with Crippen LogP contribution in [0.4, 0.5) is 0 Å². The second-order valence-electron chi connectivity index (χ2n) is 6.91. The van der Waals surface area contributed by atoms with E-state index in [0.717, 1.165) is 11.1 Å². The fourth-order valence-electron chi connectivity index (χ4n) is 3.21. The first-order valence-corrected chi connectivity index (χ1v) is 11.5. The van der Waals surface area contributed by atoms with Crippen LogP contribution in [0.5, 0.6) is 0 Å². The molecule has 0 saturated carbocycles. The van der Waals surface area contributed by atoms with Crippen LogP contribution in [0.1, 0.15) is 22.2 Å². The molecule has 5 nitrogen and oxygen atoms in total. The highest BCUT2D eigenvalue weighted by Crippen LogP contribution is 2.35. The third-order valence-electron chi connectivity index (χ3n) is 4.75. The first kappa shape index (κ1) is 20.4. The Morgan fingerprint density at radius 1 is 1.07 bits per heavy atom. The lowest BCUT2D eigenvalue weighted by Gasteiger charge is -2.20. The molecule has 0 unspecified atom stereocenters. The van der Waals surface area contributed by atoms with E-state index in [1.54, 1.807) is 23.7 Å². The predicted octanol–water partition coefficient (Wildman–Crippen LogP) is 4.47. The van der Waals surface area contributed by atoms with Gasteiger partial charge in [0.05, 0.1) is 23.1 Å². The Bertz CT molecular complexity index is 1150. The maximum atomic E-state index is 12.8. The maximum Gasteiger partial charge on any atom is 0.268 e. The van der Waals surface area contributed by atoms with Gasteiger partial charge in [0.25, 0.3) is 5.56 Å². The summed E-state index contributed by atoms with van der Waals surface area (Å²) in [5.74, 6) is 0.815. The molecule has 0 atom stereocenters. The van der Waals surface area contributed by atoms with E-state index in [9.17, 15) is 9.59 Å². The molecule has 1 amide bonds. The van der Waals surface area contributed by atoms with Crippen molar-refractivity contribution in [2.45, 2.75) is 11.8 Å². The Morgan fingerprint density at radius 3 is 2.33 bits per heavy atom. The van der Waals surface area contributed by atoms with Gasteiger partial charge in [-0.3, -0.25) is 9.59 Å². The minimum atomic E-state index is -0.159. The van der Waals surface area contributed by atoms with E-state index in [1.807, 2.05) is 47.8 Å². The molecule has 152 valence electrons. The number of thiophene rings is 1. The first-order chi connectivity index (χ1) is 14.6. The van der Waals surface area contributed by atoms with E-state index in [2.05, 4.69) is 34.2 Å². The number of thioether (sulfide) groups is 1. The van der Waals surface area contributed by atoms with Crippen LogP contribution in [-0.4, -0.2) is 33.6 Å². The van der Waals surface area contributed by atoms with Gasteiger partial charge in [0.1, 0.15) is 10.5 Å². The summed E-state index contributed by atoms with van der Waals surface area (Å²) >= 11 is 2.96. The molecule has 4 rings (SSSR count). The predicted molar refractivity (Wildman–Crippen MR) is 124 cm³/mol. The van der Waals surface area contributed by atoms with Gasteiger partial charge in [0, 0.05) is 7.05 Å². The van der Waals surface area contributed by atoms with Gasteiger partial charge < -0.3 is 9.88 Å². The Kier molecular flexibility index (Phi) is 6.30. The highest BCUT2D eigenvalue weighted by molar-refractivity contribution is 8.00. The van der Waals surface area contributed by atoms with E-state index in [4.69, 9.17) is 0 Å². The Hall–Kier alpha value is -2.90. The van der Waals surface area contributed by atoms with Crippen LogP contribution in [0, 0.1) is 0 Å². The van der Waals surface area contributed by atoms with Gasteiger partial charge in [-0.2, -0.15) is 0 Å². The van der Waals surface area contributed by atoms with Gasteiger partial charge in [0.2, 0.25) is 5.91 Å². The Balaban J connectivity index is 1.45. The number of H-pyrrole nitrogens is 1. The number of hydrogen-bond donors (Lipinski definition) is 1. The maximum absolute atomic E-state index is 12.8. The summed E-state index contributed by atoms with van der Waals surface area (Å²) in [5.41, 5.74) is 2.84. The molecule has 0 aliphatic rings. The number of carbonyl (C=O) groups excluding carboxylic acids is 1. The fourth-order valence-corrected chi connectivity index (χ4v) is 5.17. The number of fused-ring (bicyclic) bond motifs is 1. The molecule has 2 aromatic heterocycles. The van der Waals surface area contributed by atoms with E-state index >= 15 is 0 Å². The fraction of sp³-hybridized carbons (Fsp3) is 0.174. The molecule has 0 spiro atoms. The van der Waals surface area contributed by atoms with Crippen molar-refractivity contribution in [3.8, 4) is 0 Å². The lowest BCUT2D eigenvalue weighted by molar-refractivity contribution is -0.127. The minimum absolute atomic E-state index is 0.00933. The molecule has 2 aromatic carbocycles. The molecular weight excluding hydrogens is 414 g/mol. The average molecular weight is 436 g/mol. The van der Waals surface area contributed by atoms with Crippen molar-refractivity contribution in [1.82, 2.24) is 14.9 Å². The molecule has 0 aliphatic heterocycles. The summed E-state index contributed by atoms with van der Waals surface area (Å²) in [6, 6.07) is 22.2. The molecule has 7 heteroatoms. The smallest absolute Gasteiger partial charge is 0.268 e. The Morgan fingerprint density at radius 2 is 1.70 bits per heavy atom. The van der Waals surface area contributed by atoms with Crippen molar-refractivity contribution < 1.29 is 4.79 Å². The summed E-state index contributed by atoms with van der Waals surface area (Å²) in [6.45, 7) is 0.266. The number of nitrogens with zero attached hydrogens (tertiary/aromatic N) is 2. The summed E-state index contributed by atoms with van der Waals surface area (Å²) < 4.78 is 0.608. The van der Waals surface area contributed by atoms with Crippen LogP contribution in [0.25, 0.3) is 10.2 Å². The van der Waals surface area contributed by atoms with Gasteiger partial charge in [-0.05, 0) is 22.6 Å². The number of benzene rings is 2. The zero-order valence-corrected chi connectivity index (χ0v) is 18.1. The van der Waals surface area contributed by atoms with Crippen molar-refractivity contribution >= 4 is 39.2 Å². The van der Waals surface area contributed by atoms with Gasteiger partial charge in [-0.25, -0.2) is 4.98 Å². The van der Waals surface area contributed by atoms with Gasteiger partial charge in [0.15, 0.2) is 0 Å². The molecule has 4 aromatic rings. The lowest BCUT2D eigenvalue weighted by atomic mass is 10.0. The number of carbonyl (C=O) groups is 1. The zero-order valence-electron chi connectivity index (χ0n) is 16.4. The second-order valence-corrected chi connectivity index (χ2v) is 8.92. The standard InChI is InChI=1S/C23H21N3O2S2/c1-26(14-19-24-18-12-13-29-22(18)23(28)25-19)20(27)15-30-21(16-8-4-2-5-9-16)17-10-6-3-7-11-17/h2-13,21H,14-15H2,1H3,(H,24,25,28). The highest BCUT2D eigenvalue weighted by Gasteiger charge is 2.18. The molecule has 1 N–H and O–H groups in total. The molecule has 0 bridgehead atoms. The molecule has 0 radical (unpaired) electrons. The van der Waals surface area contributed by atoms with Gasteiger partial charge >= 0.3 is 0 Å². The second kappa shape index (κ2) is 9.28. The molecule has 2 heterocycles. The number of aromatic amines is 1. The van der Waals surface area contributed by atoms with Crippen LogP contribution in [0.15, 0.2) is 76.9 Å². The first-order valence-electron chi connectivity index (χ1n) is 9.53. The molecule has 0 aliphatic carbocycles. The van der Waals surface area contributed by atoms with Crippen molar-refractivity contribution in [2.75, 3.05) is 12.8 Å². The van der Waals surface area contributed by atoms with Crippen LogP contribution >= 0.6 is 23.1 Å². The molecule has 0 saturated heterocycles. The molecular formula is C23H21N3O2S2. The van der Waals surface area contributed by atoms with Crippen LogP contribution in [0.3, 0.4) is 0 Å². The minimum Gasteiger partial charge on any atom is -0.338 e. The summed E-state index contributed by atoms with van der Waals surface area (Å²) in [4.78, 5) is 33.8. The number of rotatable bonds is 7. The SMILES string of the molecule is CN(Cc1nc2ccsc2c(=O)[nH]1)C(=O)CSC(c1ccccc1)c1ccccc1. The van der Waals surface area contributed by atoms with Gasteiger partial charge in [-0.15, -0.1) is 23.1 Å². The summed E-state index contributed by atoms with van der Waals surface area (Å²) in [5, 5.41) is 1.92. The van der Waals surface area contributed by atoms with Crippen LogP contribution in [0.2, 0.25) is 0 Å². The molecule has 0 fully saturated rings. The monoisotopic (exact) mass is 435 g/mol.